The number of hydrogen-bond donors (Lipinski definition) is 0. The summed E-state index contributed by atoms with van der Waals surface area (Å²) < 4.78 is 5.49. The second-order valence-corrected chi connectivity index (χ2v) is 8.57. The average molecular weight is 360 g/mol. The van der Waals surface area contributed by atoms with Gasteiger partial charge in [-0.05, 0) is 52.2 Å². The Morgan fingerprint density at radius 3 is 2.31 bits per heavy atom. The summed E-state index contributed by atoms with van der Waals surface area (Å²) in [5.41, 5.74) is 3.69. The van der Waals surface area contributed by atoms with Crippen LogP contribution in [0.5, 0.6) is 0 Å². The number of piperazine rings is 1. The predicted octanol–water partition coefficient (Wildman–Crippen LogP) is 3.65. The number of carbonyl (C=O) groups excluding carboxylic acids is 1. The summed E-state index contributed by atoms with van der Waals surface area (Å²) in [7, 11) is 0. The summed E-state index contributed by atoms with van der Waals surface area (Å²) in [6, 6.07) is 6.83. The molecule has 1 amide bonds. The third-order valence-electron chi connectivity index (χ3n) is 5.10. The molecule has 2 aliphatic rings. The van der Waals surface area contributed by atoms with E-state index >= 15 is 0 Å². The fraction of sp³-hybridized carbons (Fsp3) is 0.667. The molecular formula is C21H33N3O2. The van der Waals surface area contributed by atoms with Crippen molar-refractivity contribution in [1.82, 2.24) is 9.80 Å². The van der Waals surface area contributed by atoms with E-state index in [0.717, 1.165) is 32.7 Å². The second kappa shape index (κ2) is 7.87. The Balaban J connectivity index is 1.59. The van der Waals surface area contributed by atoms with Crippen molar-refractivity contribution in [3.63, 3.8) is 0 Å². The van der Waals surface area contributed by atoms with E-state index in [1.54, 1.807) is 0 Å². The Morgan fingerprint density at radius 1 is 1.04 bits per heavy atom. The Hall–Kier alpha value is -1.75. The summed E-state index contributed by atoms with van der Waals surface area (Å²) in [6.45, 7) is 14.5. The molecule has 26 heavy (non-hydrogen) atoms. The molecule has 0 aliphatic carbocycles. The number of hydrogen-bond acceptors (Lipinski definition) is 4. The van der Waals surface area contributed by atoms with Crippen molar-refractivity contribution in [2.75, 3.05) is 44.2 Å². The third kappa shape index (κ3) is 4.91. The van der Waals surface area contributed by atoms with Gasteiger partial charge in [-0.25, -0.2) is 4.79 Å². The highest BCUT2D eigenvalue weighted by atomic mass is 16.6. The van der Waals surface area contributed by atoms with Crippen LogP contribution in [0.1, 0.15) is 44.7 Å². The Bertz CT molecular complexity index is 625. The van der Waals surface area contributed by atoms with E-state index in [4.69, 9.17) is 4.74 Å². The van der Waals surface area contributed by atoms with E-state index in [9.17, 15) is 4.79 Å². The first-order valence-corrected chi connectivity index (χ1v) is 9.86. The molecule has 5 heteroatoms. The fourth-order valence-corrected chi connectivity index (χ4v) is 3.76. The highest BCUT2D eigenvalue weighted by Gasteiger charge is 2.26. The van der Waals surface area contributed by atoms with E-state index in [-0.39, 0.29) is 6.09 Å². The van der Waals surface area contributed by atoms with Crippen LogP contribution in [0, 0.1) is 6.92 Å². The molecule has 2 fully saturated rings. The lowest BCUT2D eigenvalue weighted by atomic mass is 10.1. The van der Waals surface area contributed by atoms with Gasteiger partial charge < -0.3 is 14.5 Å². The molecule has 0 aromatic heterocycles. The molecule has 0 radical (unpaired) electrons. The molecule has 0 bridgehead atoms. The van der Waals surface area contributed by atoms with Gasteiger partial charge >= 0.3 is 6.09 Å². The summed E-state index contributed by atoms with van der Waals surface area (Å²) in [5, 5.41) is 0. The van der Waals surface area contributed by atoms with Gasteiger partial charge in [-0.1, -0.05) is 17.7 Å². The zero-order valence-electron chi connectivity index (χ0n) is 16.8. The maximum absolute atomic E-state index is 12.2. The first-order chi connectivity index (χ1) is 12.3. The monoisotopic (exact) mass is 359 g/mol. The molecule has 0 atom stereocenters. The molecule has 2 aliphatic heterocycles. The number of nitrogens with zero attached hydrogens (tertiary/aromatic N) is 3. The van der Waals surface area contributed by atoms with Gasteiger partial charge in [0.1, 0.15) is 5.60 Å². The maximum atomic E-state index is 12.2. The quantitative estimate of drug-likeness (QED) is 0.825. The van der Waals surface area contributed by atoms with Crippen molar-refractivity contribution in [1.29, 1.82) is 0 Å². The van der Waals surface area contributed by atoms with E-state index in [1.165, 1.54) is 42.7 Å². The van der Waals surface area contributed by atoms with Crippen LogP contribution in [-0.4, -0.2) is 60.8 Å². The van der Waals surface area contributed by atoms with Crippen LogP contribution in [0.25, 0.3) is 0 Å². The van der Waals surface area contributed by atoms with Gasteiger partial charge in [0.05, 0.1) is 0 Å². The number of anilines is 1. The van der Waals surface area contributed by atoms with Gasteiger partial charge in [0.15, 0.2) is 0 Å². The number of carbonyl (C=O) groups is 1. The molecule has 1 aromatic rings. The minimum atomic E-state index is -0.430. The largest absolute Gasteiger partial charge is 0.444 e. The van der Waals surface area contributed by atoms with Crippen molar-refractivity contribution in [2.24, 2.45) is 0 Å². The third-order valence-corrected chi connectivity index (χ3v) is 5.10. The number of benzene rings is 1. The van der Waals surface area contributed by atoms with Gasteiger partial charge in [0, 0.05) is 51.5 Å². The van der Waals surface area contributed by atoms with Crippen LogP contribution in [0.15, 0.2) is 18.2 Å². The Kier molecular flexibility index (Phi) is 5.76. The maximum Gasteiger partial charge on any atom is 0.410 e. The highest BCUT2D eigenvalue weighted by Crippen LogP contribution is 2.27. The van der Waals surface area contributed by atoms with Crippen LogP contribution in [0.4, 0.5) is 10.5 Å². The van der Waals surface area contributed by atoms with Crippen molar-refractivity contribution in [2.45, 2.75) is 52.7 Å². The van der Waals surface area contributed by atoms with E-state index in [0.29, 0.717) is 0 Å². The minimum Gasteiger partial charge on any atom is -0.444 e. The van der Waals surface area contributed by atoms with Gasteiger partial charge in [-0.2, -0.15) is 0 Å². The normalized spacial score (nSPS) is 19.1. The summed E-state index contributed by atoms with van der Waals surface area (Å²) in [6.07, 6.45) is 2.40. The molecule has 1 aromatic carbocycles. The number of amides is 1. The number of rotatable bonds is 3. The molecule has 0 N–H and O–H groups in total. The van der Waals surface area contributed by atoms with Crippen molar-refractivity contribution in [3.05, 3.63) is 29.3 Å². The Morgan fingerprint density at radius 2 is 1.69 bits per heavy atom. The van der Waals surface area contributed by atoms with Gasteiger partial charge in [-0.3, -0.25) is 4.90 Å². The first kappa shape index (κ1) is 19.0. The molecule has 144 valence electrons. The zero-order chi connectivity index (χ0) is 18.7. The number of aryl methyl sites for hydroxylation is 1. The molecule has 0 saturated carbocycles. The number of ether oxygens (including phenoxy) is 1. The zero-order valence-corrected chi connectivity index (χ0v) is 16.8. The van der Waals surface area contributed by atoms with Crippen molar-refractivity contribution >= 4 is 11.8 Å². The second-order valence-electron chi connectivity index (χ2n) is 8.57. The summed E-state index contributed by atoms with van der Waals surface area (Å²) in [4.78, 5) is 19.0. The van der Waals surface area contributed by atoms with Crippen LogP contribution in [0.3, 0.4) is 0 Å². The topological polar surface area (TPSA) is 36.0 Å². The van der Waals surface area contributed by atoms with E-state index < -0.39 is 5.60 Å². The molecule has 2 saturated heterocycles. The van der Waals surface area contributed by atoms with Crippen LogP contribution in [0.2, 0.25) is 0 Å². The predicted molar refractivity (Wildman–Crippen MR) is 106 cm³/mol. The van der Waals surface area contributed by atoms with Gasteiger partial charge in [0.25, 0.3) is 0 Å². The lowest BCUT2D eigenvalue weighted by Gasteiger charge is -2.36. The van der Waals surface area contributed by atoms with Gasteiger partial charge in [0.2, 0.25) is 0 Å². The lowest BCUT2D eigenvalue weighted by Crippen LogP contribution is -2.49. The van der Waals surface area contributed by atoms with Crippen molar-refractivity contribution in [3.8, 4) is 0 Å². The molecular weight excluding hydrogens is 326 g/mol. The summed E-state index contributed by atoms with van der Waals surface area (Å²) >= 11 is 0. The van der Waals surface area contributed by atoms with Crippen LogP contribution < -0.4 is 4.90 Å². The van der Waals surface area contributed by atoms with Crippen molar-refractivity contribution < 1.29 is 9.53 Å². The molecule has 3 rings (SSSR count). The average Bonchev–Trinajstić information content (AvgIpc) is 3.08. The Labute approximate surface area is 157 Å². The van der Waals surface area contributed by atoms with E-state index in [2.05, 4.69) is 34.9 Å². The lowest BCUT2D eigenvalue weighted by molar-refractivity contribution is 0.0139. The van der Waals surface area contributed by atoms with Crippen LogP contribution in [-0.2, 0) is 11.3 Å². The SMILES string of the molecule is Cc1ccc(N2CCCC2)c(CN2CCN(C(=O)OC(C)(C)C)CC2)c1. The molecule has 0 unspecified atom stereocenters. The van der Waals surface area contributed by atoms with Gasteiger partial charge in [-0.15, -0.1) is 0 Å². The minimum absolute atomic E-state index is 0.189. The summed E-state index contributed by atoms with van der Waals surface area (Å²) in [5.74, 6) is 0. The van der Waals surface area contributed by atoms with E-state index in [1.807, 2.05) is 25.7 Å². The van der Waals surface area contributed by atoms with Crippen LogP contribution >= 0.6 is 0 Å². The standard InChI is InChI=1S/C21H33N3O2/c1-17-7-8-19(23-9-5-6-10-23)18(15-17)16-22-11-13-24(14-12-22)20(25)26-21(2,3)4/h7-8,15H,5-6,9-14,16H2,1-4H3. The molecule has 5 nitrogen and oxygen atoms in total. The first-order valence-electron chi connectivity index (χ1n) is 9.86. The fourth-order valence-electron chi connectivity index (χ4n) is 3.76. The highest BCUT2D eigenvalue weighted by molar-refractivity contribution is 5.68. The molecule has 2 heterocycles. The molecule has 0 spiro atoms. The smallest absolute Gasteiger partial charge is 0.410 e.